The predicted molar refractivity (Wildman–Crippen MR) is 150 cm³/mol. The molecule has 1 aromatic heterocycles. The summed E-state index contributed by atoms with van der Waals surface area (Å²) < 4.78 is 10.5. The van der Waals surface area contributed by atoms with Gasteiger partial charge in [-0.1, -0.05) is 12.1 Å². The van der Waals surface area contributed by atoms with Crippen LogP contribution in [-0.2, 0) is 4.79 Å². The van der Waals surface area contributed by atoms with Crippen LogP contribution in [0.3, 0.4) is 0 Å². The first-order chi connectivity index (χ1) is 18.3. The zero-order valence-corrected chi connectivity index (χ0v) is 22.0. The van der Waals surface area contributed by atoms with E-state index in [2.05, 4.69) is 36.2 Å². The van der Waals surface area contributed by atoms with Crippen LogP contribution >= 0.6 is 0 Å². The number of amides is 1. The Morgan fingerprint density at radius 1 is 0.737 bits per heavy atom. The fourth-order valence-electron chi connectivity index (χ4n) is 3.55. The van der Waals surface area contributed by atoms with Crippen molar-refractivity contribution in [1.29, 1.82) is 0 Å². The minimum atomic E-state index is -0.625. The average molecular weight is 514 g/mol. The Morgan fingerprint density at radius 3 is 1.74 bits per heavy atom. The van der Waals surface area contributed by atoms with E-state index in [-0.39, 0.29) is 11.9 Å². The van der Waals surface area contributed by atoms with Gasteiger partial charge in [-0.15, -0.1) is 0 Å². The summed E-state index contributed by atoms with van der Waals surface area (Å²) in [6.45, 7) is 5.73. The third kappa shape index (κ3) is 6.67. The molecular weight excluding hydrogens is 482 g/mol. The van der Waals surface area contributed by atoms with Gasteiger partial charge in [0.25, 0.3) is 0 Å². The molecule has 1 heterocycles. The summed E-state index contributed by atoms with van der Waals surface area (Å²) in [5.41, 5.74) is 4.41. The highest BCUT2D eigenvalue weighted by Crippen LogP contribution is 2.23. The molecule has 0 fully saturated rings. The van der Waals surface area contributed by atoms with Crippen molar-refractivity contribution >= 4 is 40.8 Å². The molecule has 10 heteroatoms. The van der Waals surface area contributed by atoms with Gasteiger partial charge in [0, 0.05) is 17.1 Å². The number of anilines is 6. The Labute approximate surface area is 221 Å². The van der Waals surface area contributed by atoms with E-state index in [0.717, 1.165) is 39.7 Å². The molecule has 0 bridgehead atoms. The van der Waals surface area contributed by atoms with Crippen molar-refractivity contribution in [3.63, 3.8) is 0 Å². The van der Waals surface area contributed by atoms with Gasteiger partial charge in [-0.05, 0) is 86.5 Å². The number of nitrogens with one attached hydrogen (secondary N) is 4. The van der Waals surface area contributed by atoms with E-state index >= 15 is 0 Å². The number of hydrogen-bond donors (Lipinski definition) is 4. The van der Waals surface area contributed by atoms with Gasteiger partial charge < -0.3 is 30.7 Å². The van der Waals surface area contributed by atoms with Crippen LogP contribution in [0.5, 0.6) is 11.5 Å². The van der Waals surface area contributed by atoms with Crippen LogP contribution in [0.15, 0.2) is 66.7 Å². The number of nitrogens with zero attached hydrogens (tertiary/aromatic N) is 3. The van der Waals surface area contributed by atoms with Crippen LogP contribution in [0, 0.1) is 13.8 Å². The fourth-order valence-corrected chi connectivity index (χ4v) is 3.55. The van der Waals surface area contributed by atoms with Crippen molar-refractivity contribution in [2.75, 3.05) is 35.5 Å². The van der Waals surface area contributed by atoms with Crippen molar-refractivity contribution in [2.24, 2.45) is 0 Å². The minimum absolute atomic E-state index is 0.214. The van der Waals surface area contributed by atoms with E-state index in [0.29, 0.717) is 11.9 Å². The highest BCUT2D eigenvalue weighted by molar-refractivity contribution is 5.96. The molecular formula is C28H31N7O3. The second kappa shape index (κ2) is 11.9. The molecule has 0 radical (unpaired) electrons. The smallest absolute Gasteiger partial charge is 0.246 e. The largest absolute Gasteiger partial charge is 0.497 e. The Balaban J connectivity index is 1.56. The molecule has 0 spiro atoms. The van der Waals surface area contributed by atoms with Gasteiger partial charge >= 0.3 is 0 Å². The second-order valence-electron chi connectivity index (χ2n) is 8.62. The number of methoxy groups -OCH3 is 2. The van der Waals surface area contributed by atoms with E-state index in [1.165, 1.54) is 0 Å². The van der Waals surface area contributed by atoms with Crippen molar-refractivity contribution in [2.45, 2.75) is 26.8 Å². The molecule has 0 saturated heterocycles. The van der Waals surface area contributed by atoms with E-state index in [9.17, 15) is 4.79 Å². The van der Waals surface area contributed by atoms with E-state index in [4.69, 9.17) is 9.47 Å². The zero-order chi connectivity index (χ0) is 27.1. The maximum absolute atomic E-state index is 13.0. The Kier molecular flexibility index (Phi) is 8.22. The molecule has 4 rings (SSSR count). The van der Waals surface area contributed by atoms with Crippen LogP contribution < -0.4 is 30.7 Å². The Hall–Kier alpha value is -4.86. The molecule has 1 unspecified atom stereocenters. The number of carbonyl (C=O) groups excluding carboxylic acids is 1. The first-order valence-electron chi connectivity index (χ1n) is 12.1. The predicted octanol–water partition coefficient (Wildman–Crippen LogP) is 5.43. The van der Waals surface area contributed by atoms with Crippen LogP contribution in [0.25, 0.3) is 0 Å². The Bertz CT molecular complexity index is 1330. The lowest BCUT2D eigenvalue weighted by molar-refractivity contribution is -0.116. The fraction of sp³-hybridized carbons (Fsp3) is 0.214. The molecule has 10 nitrogen and oxygen atoms in total. The molecule has 4 aromatic rings. The lowest BCUT2D eigenvalue weighted by atomic mass is 10.1. The maximum atomic E-state index is 13.0. The van der Waals surface area contributed by atoms with Crippen molar-refractivity contribution in [3.05, 3.63) is 77.9 Å². The normalized spacial score (nSPS) is 11.3. The van der Waals surface area contributed by atoms with Gasteiger partial charge in [0.15, 0.2) is 0 Å². The van der Waals surface area contributed by atoms with Gasteiger partial charge in [-0.25, -0.2) is 0 Å². The molecule has 38 heavy (non-hydrogen) atoms. The first kappa shape index (κ1) is 26.2. The zero-order valence-electron chi connectivity index (χ0n) is 22.0. The summed E-state index contributed by atoms with van der Waals surface area (Å²) in [5.74, 6) is 2.08. The van der Waals surface area contributed by atoms with Crippen molar-refractivity contribution in [1.82, 2.24) is 15.0 Å². The number of rotatable bonds is 10. The molecule has 196 valence electrons. The third-order valence-corrected chi connectivity index (χ3v) is 5.93. The minimum Gasteiger partial charge on any atom is -0.497 e. The number of aromatic nitrogens is 3. The third-order valence-electron chi connectivity index (χ3n) is 5.93. The summed E-state index contributed by atoms with van der Waals surface area (Å²) in [4.78, 5) is 26.4. The van der Waals surface area contributed by atoms with Crippen LogP contribution in [0.2, 0.25) is 0 Å². The van der Waals surface area contributed by atoms with E-state index in [1.807, 2.05) is 80.6 Å². The molecule has 0 aliphatic carbocycles. The van der Waals surface area contributed by atoms with Crippen molar-refractivity contribution < 1.29 is 14.3 Å². The standard InChI is InChI=1S/C28H31N7O3/c1-17-7-6-8-24(18(17)2)32-25(36)19(3)29-26-33-27(30-20-9-13-22(37-4)14-10-20)35-28(34-26)31-21-11-15-23(38-5)16-12-21/h6-16,19H,1-5H3,(H,32,36)(H3,29,30,31,33,34,35). The van der Waals surface area contributed by atoms with Gasteiger partial charge in [-0.3, -0.25) is 4.79 Å². The van der Waals surface area contributed by atoms with Crippen LogP contribution in [0.1, 0.15) is 18.1 Å². The lowest BCUT2D eigenvalue weighted by Crippen LogP contribution is -2.33. The quantitative estimate of drug-likeness (QED) is 0.220. The number of ether oxygens (including phenoxy) is 2. The lowest BCUT2D eigenvalue weighted by Gasteiger charge is -2.17. The van der Waals surface area contributed by atoms with Crippen LogP contribution in [-0.4, -0.2) is 41.1 Å². The SMILES string of the molecule is COc1ccc(Nc2nc(Nc3ccc(OC)cc3)nc(NC(C)C(=O)Nc3cccc(C)c3C)n2)cc1. The van der Waals surface area contributed by atoms with Crippen molar-refractivity contribution in [3.8, 4) is 11.5 Å². The summed E-state index contributed by atoms with van der Waals surface area (Å²) in [6, 6.07) is 19.9. The monoisotopic (exact) mass is 513 g/mol. The topological polar surface area (TPSA) is 122 Å². The van der Waals surface area contributed by atoms with Gasteiger partial charge in [0.05, 0.1) is 14.2 Å². The van der Waals surface area contributed by atoms with Gasteiger partial charge in [-0.2, -0.15) is 15.0 Å². The molecule has 3 aromatic carbocycles. The molecule has 1 amide bonds. The number of carbonyl (C=O) groups is 1. The second-order valence-corrected chi connectivity index (χ2v) is 8.62. The highest BCUT2D eigenvalue weighted by Gasteiger charge is 2.17. The summed E-state index contributed by atoms with van der Waals surface area (Å²) in [6.07, 6.45) is 0. The van der Waals surface area contributed by atoms with E-state index < -0.39 is 6.04 Å². The molecule has 0 saturated carbocycles. The maximum Gasteiger partial charge on any atom is 0.246 e. The molecule has 0 aliphatic rings. The summed E-state index contributed by atoms with van der Waals surface area (Å²) >= 11 is 0. The Morgan fingerprint density at radius 2 is 1.24 bits per heavy atom. The van der Waals surface area contributed by atoms with Gasteiger partial charge in [0.1, 0.15) is 17.5 Å². The molecule has 0 aliphatic heterocycles. The van der Waals surface area contributed by atoms with Gasteiger partial charge in [0.2, 0.25) is 23.8 Å². The highest BCUT2D eigenvalue weighted by atomic mass is 16.5. The number of benzene rings is 3. The number of hydrogen-bond acceptors (Lipinski definition) is 9. The molecule has 1 atom stereocenters. The molecule has 4 N–H and O–H groups in total. The van der Waals surface area contributed by atoms with Crippen LogP contribution in [0.4, 0.5) is 34.9 Å². The first-order valence-corrected chi connectivity index (χ1v) is 12.1. The summed E-state index contributed by atoms with van der Waals surface area (Å²) in [7, 11) is 3.22. The van der Waals surface area contributed by atoms with E-state index in [1.54, 1.807) is 21.1 Å². The number of aryl methyl sites for hydroxylation is 1. The summed E-state index contributed by atoms with van der Waals surface area (Å²) in [5, 5.41) is 12.4. The average Bonchev–Trinajstić information content (AvgIpc) is 2.92.